The first kappa shape index (κ1) is 8.78. The summed E-state index contributed by atoms with van der Waals surface area (Å²) >= 11 is 6.98. The van der Waals surface area contributed by atoms with Crippen LogP contribution >= 0.6 is 22.9 Å². The zero-order chi connectivity index (χ0) is 9.42. The Bertz CT molecular complexity index is 452. The molecule has 13 heavy (non-hydrogen) atoms. The molecule has 1 nitrogen and oxygen atoms in total. The fourth-order valence-electron chi connectivity index (χ4n) is 1.15. The number of thiophene rings is 1. The van der Waals surface area contributed by atoms with E-state index < -0.39 is 0 Å². The maximum Gasteiger partial charge on any atom is 0.174 e. The Morgan fingerprint density at radius 2 is 2.15 bits per heavy atom. The van der Waals surface area contributed by atoms with Crippen LogP contribution in [0.25, 0.3) is 10.1 Å². The lowest BCUT2D eigenvalue weighted by Crippen LogP contribution is -1.73. The molecule has 0 bridgehead atoms. The van der Waals surface area contributed by atoms with E-state index in [2.05, 4.69) is 0 Å². The van der Waals surface area contributed by atoms with Crippen LogP contribution in [0.5, 0.6) is 5.06 Å². The molecule has 0 N–H and O–H groups in total. The highest BCUT2D eigenvalue weighted by molar-refractivity contribution is 7.20. The fourth-order valence-corrected chi connectivity index (χ4v) is 2.23. The average Bonchev–Trinajstić information content (AvgIpc) is 2.47. The van der Waals surface area contributed by atoms with Crippen LogP contribution in [0.15, 0.2) is 18.2 Å². The Morgan fingerprint density at radius 1 is 1.38 bits per heavy atom. The molecule has 0 amide bonds. The molecule has 1 aromatic carbocycles. The molecule has 0 atom stereocenters. The zero-order valence-electron chi connectivity index (χ0n) is 6.80. The third-order valence-corrected chi connectivity index (χ3v) is 3.05. The van der Waals surface area contributed by atoms with Gasteiger partial charge in [0, 0.05) is 10.4 Å². The van der Waals surface area contributed by atoms with Crippen LogP contribution in [0.1, 0.15) is 0 Å². The molecular formula is C9H6ClFOS. The van der Waals surface area contributed by atoms with Crippen molar-refractivity contribution in [2.45, 2.75) is 0 Å². The van der Waals surface area contributed by atoms with Crippen molar-refractivity contribution in [1.82, 2.24) is 0 Å². The molecule has 1 aromatic heterocycles. The van der Waals surface area contributed by atoms with Crippen LogP contribution in [-0.2, 0) is 0 Å². The number of rotatable bonds is 1. The molecule has 2 rings (SSSR count). The van der Waals surface area contributed by atoms with E-state index in [4.69, 9.17) is 16.3 Å². The molecule has 2 aromatic rings. The van der Waals surface area contributed by atoms with Gasteiger partial charge in [-0.25, -0.2) is 4.39 Å². The lowest BCUT2D eigenvalue weighted by Gasteiger charge is -1.92. The second kappa shape index (κ2) is 3.16. The second-order valence-corrected chi connectivity index (χ2v) is 4.03. The highest BCUT2D eigenvalue weighted by Crippen LogP contribution is 2.34. The van der Waals surface area contributed by atoms with Gasteiger partial charge in [0.05, 0.1) is 11.8 Å². The quantitative estimate of drug-likeness (QED) is 0.706. The standard InChI is InChI=1S/C9H6ClFOS/c1-12-8-3-5-2-6(10)4-7(11)9(5)13-8/h2-4H,1H3. The number of benzene rings is 1. The maximum atomic E-state index is 13.3. The lowest BCUT2D eigenvalue weighted by atomic mass is 10.2. The van der Waals surface area contributed by atoms with Crippen LogP contribution in [0.2, 0.25) is 5.02 Å². The average molecular weight is 217 g/mol. The van der Waals surface area contributed by atoms with Crippen molar-refractivity contribution in [3.05, 3.63) is 29.0 Å². The first-order chi connectivity index (χ1) is 6.20. The van der Waals surface area contributed by atoms with Crippen LogP contribution in [0.3, 0.4) is 0 Å². The van der Waals surface area contributed by atoms with Gasteiger partial charge in [0.1, 0.15) is 5.82 Å². The Labute approximate surface area is 83.7 Å². The molecule has 0 unspecified atom stereocenters. The van der Waals surface area contributed by atoms with E-state index in [0.29, 0.717) is 14.8 Å². The van der Waals surface area contributed by atoms with E-state index in [1.54, 1.807) is 19.2 Å². The minimum Gasteiger partial charge on any atom is -0.487 e. The summed E-state index contributed by atoms with van der Waals surface area (Å²) in [6, 6.07) is 4.80. The van der Waals surface area contributed by atoms with E-state index in [-0.39, 0.29) is 5.82 Å². The molecular weight excluding hydrogens is 211 g/mol. The third-order valence-electron chi connectivity index (χ3n) is 1.71. The maximum absolute atomic E-state index is 13.3. The van der Waals surface area contributed by atoms with Gasteiger partial charge < -0.3 is 4.74 Å². The van der Waals surface area contributed by atoms with E-state index in [0.717, 1.165) is 5.39 Å². The molecule has 0 fully saturated rings. The summed E-state index contributed by atoms with van der Waals surface area (Å²) < 4.78 is 18.9. The van der Waals surface area contributed by atoms with Gasteiger partial charge in [0.25, 0.3) is 0 Å². The van der Waals surface area contributed by atoms with Gasteiger partial charge in [-0.15, -0.1) is 0 Å². The number of ether oxygens (including phenoxy) is 1. The molecule has 1 heterocycles. The highest BCUT2D eigenvalue weighted by atomic mass is 35.5. The molecule has 4 heteroatoms. The monoisotopic (exact) mass is 216 g/mol. The lowest BCUT2D eigenvalue weighted by molar-refractivity contribution is 0.427. The predicted molar refractivity (Wildman–Crippen MR) is 53.3 cm³/mol. The van der Waals surface area contributed by atoms with E-state index >= 15 is 0 Å². The summed E-state index contributed by atoms with van der Waals surface area (Å²) in [7, 11) is 1.56. The highest BCUT2D eigenvalue weighted by Gasteiger charge is 2.07. The first-order valence-corrected chi connectivity index (χ1v) is 4.83. The minimum absolute atomic E-state index is 0.296. The smallest absolute Gasteiger partial charge is 0.174 e. The molecule has 0 saturated heterocycles. The van der Waals surface area contributed by atoms with Gasteiger partial charge in [0.15, 0.2) is 5.06 Å². The summed E-state index contributed by atoms with van der Waals surface area (Å²) in [6.45, 7) is 0. The largest absolute Gasteiger partial charge is 0.487 e. The van der Waals surface area contributed by atoms with Gasteiger partial charge in [0.2, 0.25) is 0 Å². The summed E-state index contributed by atoms with van der Waals surface area (Å²) in [5, 5.41) is 1.88. The first-order valence-electron chi connectivity index (χ1n) is 3.63. The van der Waals surface area contributed by atoms with Crippen LogP contribution in [0.4, 0.5) is 4.39 Å². The molecule has 68 valence electrons. The van der Waals surface area contributed by atoms with Crippen molar-refractivity contribution >= 4 is 33.0 Å². The summed E-state index contributed by atoms with van der Waals surface area (Å²) in [5.41, 5.74) is 0. The van der Waals surface area contributed by atoms with Crippen molar-refractivity contribution in [2.75, 3.05) is 7.11 Å². The van der Waals surface area contributed by atoms with Crippen molar-refractivity contribution in [2.24, 2.45) is 0 Å². The normalized spacial score (nSPS) is 10.7. The molecule has 0 aliphatic carbocycles. The summed E-state index contributed by atoms with van der Waals surface area (Å²) in [5.74, 6) is -0.296. The topological polar surface area (TPSA) is 9.23 Å². The van der Waals surface area contributed by atoms with Crippen LogP contribution in [0, 0.1) is 5.82 Å². The Hall–Kier alpha value is -0.800. The molecule has 0 aliphatic heterocycles. The van der Waals surface area contributed by atoms with Gasteiger partial charge in [-0.05, 0) is 18.2 Å². The Kier molecular flexibility index (Phi) is 2.14. The number of methoxy groups -OCH3 is 1. The summed E-state index contributed by atoms with van der Waals surface area (Å²) in [6.07, 6.45) is 0. The SMILES string of the molecule is COc1cc2cc(Cl)cc(F)c2s1. The van der Waals surface area contributed by atoms with E-state index in [1.807, 2.05) is 0 Å². The Morgan fingerprint density at radius 3 is 2.85 bits per heavy atom. The van der Waals surface area contributed by atoms with Gasteiger partial charge in [-0.1, -0.05) is 22.9 Å². The number of hydrogen-bond acceptors (Lipinski definition) is 2. The zero-order valence-corrected chi connectivity index (χ0v) is 8.38. The van der Waals surface area contributed by atoms with Gasteiger partial charge in [-0.2, -0.15) is 0 Å². The van der Waals surface area contributed by atoms with Crippen molar-refractivity contribution < 1.29 is 9.13 Å². The number of hydrogen-bond donors (Lipinski definition) is 0. The molecule has 0 saturated carbocycles. The molecule has 0 radical (unpaired) electrons. The van der Waals surface area contributed by atoms with Gasteiger partial charge >= 0.3 is 0 Å². The van der Waals surface area contributed by atoms with Crippen molar-refractivity contribution in [3.63, 3.8) is 0 Å². The van der Waals surface area contributed by atoms with Crippen LogP contribution < -0.4 is 4.74 Å². The summed E-state index contributed by atoms with van der Waals surface area (Å²) in [4.78, 5) is 0. The molecule has 0 aliphatic rings. The van der Waals surface area contributed by atoms with Crippen molar-refractivity contribution in [1.29, 1.82) is 0 Å². The van der Waals surface area contributed by atoms with Gasteiger partial charge in [-0.3, -0.25) is 0 Å². The fraction of sp³-hybridized carbons (Fsp3) is 0.111. The van der Waals surface area contributed by atoms with Crippen LogP contribution in [-0.4, -0.2) is 7.11 Å². The van der Waals surface area contributed by atoms with E-state index in [1.165, 1.54) is 17.4 Å². The minimum atomic E-state index is -0.296. The predicted octanol–water partition coefficient (Wildman–Crippen LogP) is 3.70. The number of fused-ring (bicyclic) bond motifs is 1. The molecule has 0 spiro atoms. The third kappa shape index (κ3) is 1.49. The van der Waals surface area contributed by atoms with E-state index in [9.17, 15) is 4.39 Å². The Balaban J connectivity index is 2.75. The second-order valence-electron chi connectivity index (χ2n) is 2.58. The number of halogens is 2. The van der Waals surface area contributed by atoms with Crippen molar-refractivity contribution in [3.8, 4) is 5.06 Å².